The van der Waals surface area contributed by atoms with Crippen molar-refractivity contribution >= 4 is 35.1 Å². The van der Waals surface area contributed by atoms with Crippen LogP contribution in [0.2, 0.25) is 10.0 Å². The summed E-state index contributed by atoms with van der Waals surface area (Å²) < 4.78 is 4.84. The lowest BCUT2D eigenvalue weighted by Gasteiger charge is -2.17. The van der Waals surface area contributed by atoms with E-state index in [0.29, 0.717) is 21.2 Å². The quantitative estimate of drug-likeness (QED) is 0.551. The summed E-state index contributed by atoms with van der Waals surface area (Å²) in [7, 11) is 1.28. The van der Waals surface area contributed by atoms with Crippen molar-refractivity contribution in [3.63, 3.8) is 0 Å². The van der Waals surface area contributed by atoms with Gasteiger partial charge in [0.2, 0.25) is 0 Å². The average molecular weight is 428 g/mol. The van der Waals surface area contributed by atoms with E-state index >= 15 is 0 Å². The Morgan fingerprint density at radius 2 is 1.59 bits per heavy atom. The molecular weight excluding hydrogens is 409 g/mol. The van der Waals surface area contributed by atoms with Crippen molar-refractivity contribution in [1.29, 1.82) is 0 Å². The highest BCUT2D eigenvalue weighted by Gasteiger charge is 2.23. The zero-order chi connectivity index (χ0) is 20.8. The van der Waals surface area contributed by atoms with Gasteiger partial charge in [-0.15, -0.1) is 0 Å². The molecule has 6 heteroatoms. The van der Waals surface area contributed by atoms with Crippen LogP contribution in [-0.2, 0) is 16.0 Å². The Morgan fingerprint density at radius 1 is 0.931 bits per heavy atom. The summed E-state index contributed by atoms with van der Waals surface area (Å²) in [5.74, 6) is -0.921. The second kappa shape index (κ2) is 9.59. The molecule has 29 heavy (non-hydrogen) atoms. The maximum absolute atomic E-state index is 12.7. The molecular formula is C23H19Cl2NO3. The average Bonchev–Trinajstić information content (AvgIpc) is 2.75. The summed E-state index contributed by atoms with van der Waals surface area (Å²) in [6.45, 7) is 0. The van der Waals surface area contributed by atoms with Crippen LogP contribution in [0, 0.1) is 0 Å². The van der Waals surface area contributed by atoms with Gasteiger partial charge in [0, 0.05) is 22.0 Å². The fraction of sp³-hybridized carbons (Fsp3) is 0.130. The summed E-state index contributed by atoms with van der Waals surface area (Å²) in [5, 5.41) is 3.65. The van der Waals surface area contributed by atoms with Crippen molar-refractivity contribution < 1.29 is 14.3 Å². The lowest BCUT2D eigenvalue weighted by Crippen LogP contribution is -2.43. The van der Waals surface area contributed by atoms with Gasteiger partial charge in [0.25, 0.3) is 5.91 Å². The molecule has 0 aliphatic heterocycles. The topological polar surface area (TPSA) is 55.4 Å². The first-order valence-corrected chi connectivity index (χ1v) is 9.71. The summed E-state index contributed by atoms with van der Waals surface area (Å²) in [6, 6.07) is 21.2. The van der Waals surface area contributed by atoms with Crippen LogP contribution in [0.3, 0.4) is 0 Å². The SMILES string of the molecule is COC(=O)[C@H](Cc1ccc(Cl)cc1Cl)NC(=O)c1ccc(-c2ccccc2)cc1. The van der Waals surface area contributed by atoms with Gasteiger partial charge in [-0.3, -0.25) is 4.79 Å². The van der Waals surface area contributed by atoms with Gasteiger partial charge in [-0.1, -0.05) is 71.7 Å². The molecule has 0 bridgehead atoms. The Labute approximate surface area is 179 Å². The number of halogens is 2. The van der Waals surface area contributed by atoms with E-state index in [9.17, 15) is 9.59 Å². The number of amides is 1. The zero-order valence-electron chi connectivity index (χ0n) is 15.7. The molecule has 0 aliphatic rings. The molecule has 4 nitrogen and oxygen atoms in total. The minimum atomic E-state index is -0.875. The van der Waals surface area contributed by atoms with Gasteiger partial charge in [-0.25, -0.2) is 4.79 Å². The first kappa shape index (κ1) is 20.9. The Morgan fingerprint density at radius 3 is 2.21 bits per heavy atom. The molecule has 148 valence electrons. The third-order valence-electron chi connectivity index (χ3n) is 4.48. The van der Waals surface area contributed by atoms with E-state index in [-0.39, 0.29) is 12.3 Å². The van der Waals surface area contributed by atoms with Crippen LogP contribution in [0.4, 0.5) is 0 Å². The fourth-order valence-electron chi connectivity index (χ4n) is 2.93. The summed E-state index contributed by atoms with van der Waals surface area (Å²) in [5.41, 5.74) is 3.19. The third-order valence-corrected chi connectivity index (χ3v) is 5.07. The lowest BCUT2D eigenvalue weighted by atomic mass is 10.0. The number of esters is 1. The Bertz CT molecular complexity index is 1000. The van der Waals surface area contributed by atoms with Crippen molar-refractivity contribution in [2.45, 2.75) is 12.5 Å². The number of hydrogen-bond donors (Lipinski definition) is 1. The van der Waals surface area contributed by atoms with E-state index in [0.717, 1.165) is 11.1 Å². The number of methoxy groups -OCH3 is 1. The molecule has 0 heterocycles. The molecule has 3 aromatic carbocycles. The molecule has 0 unspecified atom stereocenters. The lowest BCUT2D eigenvalue weighted by molar-refractivity contribution is -0.142. The molecule has 0 aliphatic carbocycles. The van der Waals surface area contributed by atoms with Crippen molar-refractivity contribution in [2.24, 2.45) is 0 Å². The van der Waals surface area contributed by atoms with E-state index < -0.39 is 12.0 Å². The smallest absolute Gasteiger partial charge is 0.328 e. The summed E-state index contributed by atoms with van der Waals surface area (Å²) in [4.78, 5) is 24.9. The zero-order valence-corrected chi connectivity index (χ0v) is 17.2. The number of nitrogens with one attached hydrogen (secondary N) is 1. The van der Waals surface area contributed by atoms with Crippen LogP contribution in [0.15, 0.2) is 72.8 Å². The minimum Gasteiger partial charge on any atom is -0.467 e. The highest BCUT2D eigenvalue weighted by atomic mass is 35.5. The normalized spacial score (nSPS) is 11.6. The number of carbonyl (C=O) groups is 2. The largest absolute Gasteiger partial charge is 0.467 e. The van der Waals surface area contributed by atoms with E-state index in [1.54, 1.807) is 30.3 Å². The van der Waals surface area contributed by atoms with Gasteiger partial charge in [0.1, 0.15) is 6.04 Å². The van der Waals surface area contributed by atoms with Crippen LogP contribution >= 0.6 is 23.2 Å². The molecule has 0 aromatic heterocycles. The van der Waals surface area contributed by atoms with Crippen molar-refractivity contribution in [3.05, 3.63) is 94.0 Å². The number of hydrogen-bond acceptors (Lipinski definition) is 3. The van der Waals surface area contributed by atoms with E-state index in [1.165, 1.54) is 7.11 Å². The standard InChI is InChI=1S/C23H19Cl2NO3/c1-29-23(28)21(13-18-11-12-19(24)14-20(18)25)26-22(27)17-9-7-16(8-10-17)15-5-3-2-4-6-15/h2-12,14,21H,13H2,1H3,(H,26,27)/t21-/m0/s1. The third kappa shape index (κ3) is 5.37. The van der Waals surface area contributed by atoms with Gasteiger partial charge in [-0.2, -0.15) is 0 Å². The van der Waals surface area contributed by atoms with Gasteiger partial charge in [-0.05, 0) is 41.0 Å². The number of benzene rings is 3. The number of rotatable bonds is 6. The van der Waals surface area contributed by atoms with Crippen molar-refractivity contribution in [3.8, 4) is 11.1 Å². The minimum absolute atomic E-state index is 0.191. The molecule has 0 radical (unpaired) electrons. The molecule has 0 saturated heterocycles. The van der Waals surface area contributed by atoms with E-state index in [1.807, 2.05) is 42.5 Å². The van der Waals surface area contributed by atoms with Gasteiger partial charge in [0.05, 0.1) is 7.11 Å². The molecule has 3 aromatic rings. The maximum Gasteiger partial charge on any atom is 0.328 e. The van der Waals surface area contributed by atoms with Gasteiger partial charge < -0.3 is 10.1 Å². The highest BCUT2D eigenvalue weighted by Crippen LogP contribution is 2.23. The molecule has 1 atom stereocenters. The van der Waals surface area contributed by atoms with E-state index in [4.69, 9.17) is 27.9 Å². The molecule has 1 amide bonds. The first-order chi connectivity index (χ1) is 14.0. The fourth-order valence-corrected chi connectivity index (χ4v) is 3.41. The number of ether oxygens (including phenoxy) is 1. The van der Waals surface area contributed by atoms with E-state index in [2.05, 4.69) is 5.32 Å². The predicted octanol–water partition coefficient (Wildman–Crippen LogP) is 5.17. The molecule has 1 N–H and O–H groups in total. The van der Waals surface area contributed by atoms with Gasteiger partial charge >= 0.3 is 5.97 Å². The Hall–Kier alpha value is -2.82. The van der Waals surface area contributed by atoms with Crippen LogP contribution in [0.25, 0.3) is 11.1 Å². The monoisotopic (exact) mass is 427 g/mol. The summed E-state index contributed by atoms with van der Waals surface area (Å²) in [6.07, 6.45) is 0.191. The Kier molecular flexibility index (Phi) is 6.91. The second-order valence-corrected chi connectivity index (χ2v) is 7.28. The summed E-state index contributed by atoms with van der Waals surface area (Å²) >= 11 is 12.1. The molecule has 0 spiro atoms. The van der Waals surface area contributed by atoms with Crippen LogP contribution in [0.5, 0.6) is 0 Å². The maximum atomic E-state index is 12.7. The first-order valence-electron chi connectivity index (χ1n) is 8.96. The highest BCUT2D eigenvalue weighted by molar-refractivity contribution is 6.35. The second-order valence-electron chi connectivity index (χ2n) is 6.43. The molecule has 0 saturated carbocycles. The van der Waals surface area contributed by atoms with Crippen molar-refractivity contribution in [1.82, 2.24) is 5.32 Å². The Balaban J connectivity index is 1.75. The van der Waals surface area contributed by atoms with Gasteiger partial charge in [0.15, 0.2) is 0 Å². The molecule has 0 fully saturated rings. The van der Waals surface area contributed by atoms with Crippen LogP contribution in [0.1, 0.15) is 15.9 Å². The number of carbonyl (C=O) groups excluding carboxylic acids is 2. The molecule has 3 rings (SSSR count). The van der Waals surface area contributed by atoms with Crippen LogP contribution in [-0.4, -0.2) is 25.0 Å². The van der Waals surface area contributed by atoms with Crippen LogP contribution < -0.4 is 5.32 Å². The predicted molar refractivity (Wildman–Crippen MR) is 115 cm³/mol. The van der Waals surface area contributed by atoms with Crippen molar-refractivity contribution in [2.75, 3.05) is 7.11 Å².